The monoisotopic (exact) mass is 319 g/mol. The second-order valence-corrected chi connectivity index (χ2v) is 6.68. The molecule has 1 aliphatic heterocycles. The van der Waals surface area contributed by atoms with Gasteiger partial charge in [-0.15, -0.1) is 0 Å². The Morgan fingerprint density at radius 3 is 2.78 bits per heavy atom. The van der Waals surface area contributed by atoms with Crippen molar-refractivity contribution in [1.82, 2.24) is 4.90 Å². The molecule has 0 bridgehead atoms. The minimum absolute atomic E-state index is 0.0875. The van der Waals surface area contributed by atoms with Crippen LogP contribution in [0.1, 0.15) is 38.2 Å². The number of amides is 1. The third-order valence-electron chi connectivity index (χ3n) is 5.02. The molecule has 23 heavy (non-hydrogen) atoms. The van der Waals surface area contributed by atoms with Crippen LogP contribution in [0.3, 0.4) is 0 Å². The van der Waals surface area contributed by atoms with Crippen LogP contribution in [0.25, 0.3) is 0 Å². The van der Waals surface area contributed by atoms with E-state index in [9.17, 15) is 9.90 Å². The highest BCUT2D eigenvalue weighted by atomic mass is 16.5. The molecule has 1 heterocycles. The smallest absolute Gasteiger partial charge is 0.222 e. The molecule has 1 aliphatic rings. The molecule has 0 saturated carbocycles. The van der Waals surface area contributed by atoms with Gasteiger partial charge in [-0.3, -0.25) is 4.79 Å². The summed E-state index contributed by atoms with van der Waals surface area (Å²) in [6, 6.07) is 10.3. The maximum atomic E-state index is 12.4. The van der Waals surface area contributed by atoms with E-state index in [1.807, 2.05) is 30.0 Å². The van der Waals surface area contributed by atoms with Crippen LogP contribution in [-0.2, 0) is 16.0 Å². The molecule has 1 amide bonds. The van der Waals surface area contributed by atoms with Crippen molar-refractivity contribution in [3.8, 4) is 0 Å². The Balaban J connectivity index is 1.76. The van der Waals surface area contributed by atoms with Gasteiger partial charge in [0.25, 0.3) is 0 Å². The average molecular weight is 319 g/mol. The summed E-state index contributed by atoms with van der Waals surface area (Å²) in [7, 11) is 1.65. The molecule has 4 heteroatoms. The first kappa shape index (κ1) is 18.0. The number of rotatable bonds is 7. The molecule has 0 aliphatic carbocycles. The number of carbonyl (C=O) groups excluding carboxylic acids is 1. The highest BCUT2D eigenvalue weighted by Gasteiger charge is 2.39. The van der Waals surface area contributed by atoms with E-state index < -0.39 is 5.60 Å². The molecule has 1 N–H and O–H groups in total. The Bertz CT molecular complexity index is 491. The Morgan fingerprint density at radius 1 is 1.39 bits per heavy atom. The zero-order chi connectivity index (χ0) is 16.7. The van der Waals surface area contributed by atoms with Gasteiger partial charge in [-0.05, 0) is 31.2 Å². The first-order valence-electron chi connectivity index (χ1n) is 8.58. The predicted octanol–water partition coefficient (Wildman–Crippen LogP) is 2.65. The van der Waals surface area contributed by atoms with Gasteiger partial charge in [0, 0.05) is 39.1 Å². The maximum absolute atomic E-state index is 12.4. The largest absolute Gasteiger partial charge is 0.389 e. The summed E-state index contributed by atoms with van der Waals surface area (Å²) in [4.78, 5) is 14.3. The molecule has 0 spiro atoms. The number of methoxy groups -OCH3 is 1. The van der Waals surface area contributed by atoms with E-state index in [4.69, 9.17) is 4.74 Å². The SMILES string of the molecule is COCC[C@]1(O)CCN(C(=O)CCCc2ccccc2)C[C@H]1C. The molecule has 0 unspecified atom stereocenters. The van der Waals surface area contributed by atoms with Gasteiger partial charge in [-0.2, -0.15) is 0 Å². The van der Waals surface area contributed by atoms with E-state index in [0.717, 1.165) is 12.8 Å². The zero-order valence-electron chi connectivity index (χ0n) is 14.3. The van der Waals surface area contributed by atoms with Gasteiger partial charge in [0.1, 0.15) is 0 Å². The average Bonchev–Trinajstić information content (AvgIpc) is 2.56. The highest BCUT2D eigenvalue weighted by molar-refractivity contribution is 5.76. The van der Waals surface area contributed by atoms with Gasteiger partial charge in [0.05, 0.1) is 5.60 Å². The first-order valence-corrected chi connectivity index (χ1v) is 8.58. The zero-order valence-corrected chi connectivity index (χ0v) is 14.3. The van der Waals surface area contributed by atoms with Gasteiger partial charge in [0.2, 0.25) is 5.91 Å². The predicted molar refractivity (Wildman–Crippen MR) is 91.2 cm³/mol. The molecule has 1 aromatic rings. The van der Waals surface area contributed by atoms with Crippen molar-refractivity contribution in [1.29, 1.82) is 0 Å². The van der Waals surface area contributed by atoms with Crippen molar-refractivity contribution in [2.75, 3.05) is 26.8 Å². The van der Waals surface area contributed by atoms with Crippen LogP contribution in [0.4, 0.5) is 0 Å². The van der Waals surface area contributed by atoms with Crippen molar-refractivity contribution in [3.05, 3.63) is 35.9 Å². The fraction of sp³-hybridized carbons (Fsp3) is 0.632. The van der Waals surface area contributed by atoms with Gasteiger partial charge in [-0.25, -0.2) is 0 Å². The van der Waals surface area contributed by atoms with E-state index in [-0.39, 0.29) is 11.8 Å². The van der Waals surface area contributed by atoms with E-state index in [2.05, 4.69) is 12.1 Å². The maximum Gasteiger partial charge on any atom is 0.222 e. The van der Waals surface area contributed by atoms with Crippen molar-refractivity contribution < 1.29 is 14.6 Å². The number of likely N-dealkylation sites (tertiary alicyclic amines) is 1. The Hall–Kier alpha value is -1.39. The van der Waals surface area contributed by atoms with Crippen LogP contribution in [0.5, 0.6) is 0 Å². The van der Waals surface area contributed by atoms with Crippen molar-refractivity contribution in [2.45, 2.75) is 44.6 Å². The van der Waals surface area contributed by atoms with Crippen LogP contribution < -0.4 is 0 Å². The number of aryl methyl sites for hydroxylation is 1. The van der Waals surface area contributed by atoms with Gasteiger partial charge in [0.15, 0.2) is 0 Å². The Kier molecular flexibility index (Phi) is 6.60. The lowest BCUT2D eigenvalue weighted by molar-refractivity contribution is -0.140. The number of hydrogen-bond donors (Lipinski definition) is 1. The second kappa shape index (κ2) is 8.46. The van der Waals surface area contributed by atoms with Crippen LogP contribution in [0.2, 0.25) is 0 Å². The molecule has 0 aromatic heterocycles. The molecule has 128 valence electrons. The summed E-state index contributed by atoms with van der Waals surface area (Å²) < 4.78 is 5.09. The molecular formula is C19H29NO3. The topological polar surface area (TPSA) is 49.8 Å². The number of benzene rings is 1. The summed E-state index contributed by atoms with van der Waals surface area (Å²) in [5.41, 5.74) is 0.581. The standard InChI is InChI=1S/C19H29NO3/c1-16-15-20(13-11-19(16,22)12-14-23-2)18(21)10-6-9-17-7-4-3-5-8-17/h3-5,7-8,16,22H,6,9-15H2,1-2H3/t16-,19-/m1/s1. The molecule has 1 fully saturated rings. The van der Waals surface area contributed by atoms with Crippen LogP contribution >= 0.6 is 0 Å². The summed E-state index contributed by atoms with van der Waals surface area (Å²) in [6.45, 7) is 3.88. The van der Waals surface area contributed by atoms with Crippen LogP contribution in [-0.4, -0.2) is 48.3 Å². The minimum atomic E-state index is -0.698. The van der Waals surface area contributed by atoms with E-state index in [1.165, 1.54) is 5.56 Å². The third kappa shape index (κ3) is 5.05. The molecule has 1 aromatic carbocycles. The molecule has 2 atom stereocenters. The highest BCUT2D eigenvalue weighted by Crippen LogP contribution is 2.31. The molecule has 1 saturated heterocycles. The quantitative estimate of drug-likeness (QED) is 0.840. The van der Waals surface area contributed by atoms with Crippen molar-refractivity contribution >= 4 is 5.91 Å². The first-order chi connectivity index (χ1) is 11.0. The number of piperidine rings is 1. The number of nitrogens with zero attached hydrogens (tertiary/aromatic N) is 1. The normalized spacial score (nSPS) is 24.7. The van der Waals surface area contributed by atoms with E-state index >= 15 is 0 Å². The van der Waals surface area contributed by atoms with Crippen LogP contribution in [0.15, 0.2) is 30.3 Å². The molecule has 2 rings (SSSR count). The third-order valence-corrected chi connectivity index (χ3v) is 5.02. The summed E-state index contributed by atoms with van der Waals surface area (Å²) in [5.74, 6) is 0.297. The Morgan fingerprint density at radius 2 is 2.13 bits per heavy atom. The summed E-state index contributed by atoms with van der Waals surface area (Å²) >= 11 is 0. The van der Waals surface area contributed by atoms with Crippen molar-refractivity contribution in [2.24, 2.45) is 5.92 Å². The number of aliphatic hydroxyl groups is 1. The molecule has 4 nitrogen and oxygen atoms in total. The number of hydrogen-bond acceptors (Lipinski definition) is 3. The molecule has 0 radical (unpaired) electrons. The number of ether oxygens (including phenoxy) is 1. The van der Waals surface area contributed by atoms with Gasteiger partial charge < -0.3 is 14.7 Å². The minimum Gasteiger partial charge on any atom is -0.389 e. The van der Waals surface area contributed by atoms with Gasteiger partial charge >= 0.3 is 0 Å². The van der Waals surface area contributed by atoms with Crippen molar-refractivity contribution in [3.63, 3.8) is 0 Å². The van der Waals surface area contributed by atoms with E-state index in [0.29, 0.717) is 39.0 Å². The number of carbonyl (C=O) groups is 1. The lowest BCUT2D eigenvalue weighted by atomic mass is 9.80. The lowest BCUT2D eigenvalue weighted by Gasteiger charge is -2.43. The van der Waals surface area contributed by atoms with E-state index in [1.54, 1.807) is 7.11 Å². The molecular weight excluding hydrogens is 290 g/mol. The lowest BCUT2D eigenvalue weighted by Crippen LogP contribution is -2.52. The van der Waals surface area contributed by atoms with Crippen LogP contribution in [0, 0.1) is 5.92 Å². The fourth-order valence-electron chi connectivity index (χ4n) is 3.29. The summed E-state index contributed by atoms with van der Waals surface area (Å²) in [5, 5.41) is 10.7. The second-order valence-electron chi connectivity index (χ2n) is 6.68. The summed E-state index contributed by atoms with van der Waals surface area (Å²) in [6.07, 6.45) is 3.68. The Labute approximate surface area is 139 Å². The fourth-order valence-corrected chi connectivity index (χ4v) is 3.29. The van der Waals surface area contributed by atoms with Gasteiger partial charge in [-0.1, -0.05) is 37.3 Å².